The monoisotopic (exact) mass is 227 g/mol. The Kier molecular flexibility index (Phi) is 4.29. The summed E-state index contributed by atoms with van der Waals surface area (Å²) in [6, 6.07) is -0.0689. The second kappa shape index (κ2) is 5.30. The van der Waals surface area contributed by atoms with Gasteiger partial charge in [0.1, 0.15) is 6.04 Å². The van der Waals surface area contributed by atoms with E-state index < -0.39 is 0 Å². The molecule has 1 rings (SSSR count). The molecule has 0 radical (unpaired) electrons. The van der Waals surface area contributed by atoms with Crippen molar-refractivity contribution < 1.29 is 9.59 Å². The zero-order valence-electron chi connectivity index (χ0n) is 10.3. The number of hydrogen-bond donors (Lipinski definition) is 1. The van der Waals surface area contributed by atoms with Gasteiger partial charge in [-0.05, 0) is 13.8 Å². The normalized spacial score (nSPS) is 22.5. The van der Waals surface area contributed by atoms with E-state index in [1.54, 1.807) is 4.90 Å². The van der Waals surface area contributed by atoms with Crippen LogP contribution < -0.4 is 5.73 Å². The Bertz CT molecular complexity index is 278. The number of amides is 2. The third kappa shape index (κ3) is 2.72. The molecule has 0 aliphatic carbocycles. The van der Waals surface area contributed by atoms with Gasteiger partial charge >= 0.3 is 0 Å². The third-order valence-corrected chi connectivity index (χ3v) is 3.07. The van der Waals surface area contributed by atoms with Gasteiger partial charge in [-0.2, -0.15) is 0 Å². The van der Waals surface area contributed by atoms with Crippen LogP contribution in [0.3, 0.4) is 0 Å². The van der Waals surface area contributed by atoms with Crippen molar-refractivity contribution >= 4 is 11.8 Å². The topological polar surface area (TPSA) is 66.6 Å². The number of piperazine rings is 1. The highest BCUT2D eigenvalue weighted by Gasteiger charge is 2.33. The summed E-state index contributed by atoms with van der Waals surface area (Å²) in [6.45, 7) is 7.74. The Morgan fingerprint density at radius 3 is 2.44 bits per heavy atom. The number of primary amides is 1. The van der Waals surface area contributed by atoms with Gasteiger partial charge in [0.2, 0.25) is 11.8 Å². The van der Waals surface area contributed by atoms with Gasteiger partial charge in [-0.15, -0.1) is 0 Å². The van der Waals surface area contributed by atoms with Crippen molar-refractivity contribution in [3.63, 3.8) is 0 Å². The zero-order valence-corrected chi connectivity index (χ0v) is 10.3. The average Bonchev–Trinajstić information content (AvgIpc) is 2.26. The van der Waals surface area contributed by atoms with Crippen molar-refractivity contribution in [1.29, 1.82) is 0 Å². The predicted octanol–water partition coefficient (Wildman–Crippen LogP) is -0.197. The van der Waals surface area contributed by atoms with Crippen LogP contribution in [0.1, 0.15) is 27.2 Å². The van der Waals surface area contributed by atoms with Gasteiger partial charge < -0.3 is 10.6 Å². The molecule has 1 aliphatic rings. The molecule has 2 N–H and O–H groups in total. The van der Waals surface area contributed by atoms with E-state index in [-0.39, 0.29) is 23.9 Å². The van der Waals surface area contributed by atoms with E-state index in [0.29, 0.717) is 19.5 Å². The van der Waals surface area contributed by atoms with Crippen molar-refractivity contribution in [1.82, 2.24) is 9.80 Å². The van der Waals surface area contributed by atoms with Crippen LogP contribution in [0.2, 0.25) is 0 Å². The zero-order chi connectivity index (χ0) is 12.3. The lowest BCUT2D eigenvalue weighted by molar-refractivity contribution is -0.137. The highest BCUT2D eigenvalue weighted by atomic mass is 16.2. The lowest BCUT2D eigenvalue weighted by Crippen LogP contribution is -2.60. The van der Waals surface area contributed by atoms with E-state index in [0.717, 1.165) is 6.54 Å². The maximum Gasteiger partial charge on any atom is 0.236 e. The molecule has 16 heavy (non-hydrogen) atoms. The number of rotatable bonds is 3. The van der Waals surface area contributed by atoms with Gasteiger partial charge in [0, 0.05) is 32.1 Å². The fraction of sp³-hybridized carbons (Fsp3) is 0.818. The van der Waals surface area contributed by atoms with Crippen LogP contribution in [0.25, 0.3) is 0 Å². The SMILES string of the molecule is CCC(=O)N1CCN(C(C)C)[C@H](C(N)=O)C1. The van der Waals surface area contributed by atoms with Crippen LogP contribution in [0.5, 0.6) is 0 Å². The Balaban J connectivity index is 2.72. The highest BCUT2D eigenvalue weighted by Crippen LogP contribution is 2.13. The van der Waals surface area contributed by atoms with Gasteiger partial charge in [0.25, 0.3) is 0 Å². The molecule has 0 aromatic heterocycles. The fourth-order valence-electron chi connectivity index (χ4n) is 2.12. The van der Waals surface area contributed by atoms with Gasteiger partial charge in [0.05, 0.1) is 0 Å². The molecule has 1 aliphatic heterocycles. The molecule has 1 heterocycles. The second-order valence-electron chi connectivity index (χ2n) is 4.44. The molecular formula is C11H21N3O2. The molecule has 2 amide bonds. The molecule has 0 aromatic rings. The summed E-state index contributed by atoms with van der Waals surface area (Å²) in [5, 5.41) is 0. The first-order chi connectivity index (χ1) is 7.47. The molecule has 5 nitrogen and oxygen atoms in total. The van der Waals surface area contributed by atoms with Crippen molar-refractivity contribution in [3.8, 4) is 0 Å². The first-order valence-electron chi connectivity index (χ1n) is 5.80. The van der Waals surface area contributed by atoms with Crippen LogP contribution >= 0.6 is 0 Å². The molecule has 1 atom stereocenters. The summed E-state index contributed by atoms with van der Waals surface area (Å²) in [6.07, 6.45) is 0.479. The summed E-state index contributed by atoms with van der Waals surface area (Å²) in [7, 11) is 0. The molecule has 0 bridgehead atoms. The maximum atomic E-state index is 11.6. The smallest absolute Gasteiger partial charge is 0.236 e. The molecular weight excluding hydrogens is 206 g/mol. The standard InChI is InChI=1S/C11H21N3O2/c1-4-10(15)13-5-6-14(8(2)3)9(7-13)11(12)16/h8-9H,4-7H2,1-3H3,(H2,12,16)/t9-/m0/s1. The minimum atomic E-state index is -0.345. The molecule has 92 valence electrons. The largest absolute Gasteiger partial charge is 0.368 e. The van der Waals surface area contributed by atoms with Crippen LogP contribution in [-0.4, -0.2) is 53.3 Å². The number of carbonyl (C=O) groups is 2. The van der Waals surface area contributed by atoms with Gasteiger partial charge in [-0.1, -0.05) is 6.92 Å². The number of nitrogens with zero attached hydrogens (tertiary/aromatic N) is 2. The Hall–Kier alpha value is -1.10. The summed E-state index contributed by atoms with van der Waals surface area (Å²) in [4.78, 5) is 26.7. The van der Waals surface area contributed by atoms with Crippen LogP contribution in [0, 0.1) is 0 Å². The minimum Gasteiger partial charge on any atom is -0.368 e. The molecule has 5 heteroatoms. The summed E-state index contributed by atoms with van der Waals surface area (Å²) < 4.78 is 0. The summed E-state index contributed by atoms with van der Waals surface area (Å²) in [5.74, 6) is -0.253. The van der Waals surface area contributed by atoms with Crippen molar-refractivity contribution in [3.05, 3.63) is 0 Å². The molecule has 0 spiro atoms. The van der Waals surface area contributed by atoms with E-state index in [2.05, 4.69) is 4.90 Å². The van der Waals surface area contributed by atoms with E-state index in [9.17, 15) is 9.59 Å². The summed E-state index contributed by atoms with van der Waals surface area (Å²) >= 11 is 0. The first kappa shape index (κ1) is 13.0. The number of carbonyl (C=O) groups excluding carboxylic acids is 2. The van der Waals surface area contributed by atoms with Gasteiger partial charge in [-0.3, -0.25) is 14.5 Å². The van der Waals surface area contributed by atoms with Crippen molar-refractivity contribution in [2.45, 2.75) is 39.3 Å². The Morgan fingerprint density at radius 1 is 1.38 bits per heavy atom. The van der Waals surface area contributed by atoms with E-state index in [4.69, 9.17) is 5.73 Å². The third-order valence-electron chi connectivity index (χ3n) is 3.07. The van der Waals surface area contributed by atoms with Gasteiger partial charge in [-0.25, -0.2) is 0 Å². The second-order valence-corrected chi connectivity index (χ2v) is 4.44. The van der Waals surface area contributed by atoms with Crippen LogP contribution in [-0.2, 0) is 9.59 Å². The summed E-state index contributed by atoms with van der Waals surface area (Å²) in [5.41, 5.74) is 5.38. The lowest BCUT2D eigenvalue weighted by atomic mass is 10.1. The highest BCUT2D eigenvalue weighted by molar-refractivity contribution is 5.82. The Labute approximate surface area is 96.6 Å². The van der Waals surface area contributed by atoms with E-state index in [1.165, 1.54) is 0 Å². The molecule has 0 aromatic carbocycles. The molecule has 0 saturated carbocycles. The quantitative estimate of drug-likeness (QED) is 0.726. The lowest BCUT2D eigenvalue weighted by Gasteiger charge is -2.41. The number of hydrogen-bond acceptors (Lipinski definition) is 3. The fourth-order valence-corrected chi connectivity index (χ4v) is 2.12. The average molecular weight is 227 g/mol. The minimum absolute atomic E-state index is 0.0923. The van der Waals surface area contributed by atoms with E-state index in [1.807, 2.05) is 20.8 Å². The van der Waals surface area contributed by atoms with Gasteiger partial charge in [0.15, 0.2) is 0 Å². The van der Waals surface area contributed by atoms with Crippen molar-refractivity contribution in [2.75, 3.05) is 19.6 Å². The van der Waals surface area contributed by atoms with Crippen LogP contribution in [0.15, 0.2) is 0 Å². The number of nitrogens with two attached hydrogens (primary N) is 1. The maximum absolute atomic E-state index is 11.6. The Morgan fingerprint density at radius 2 is 2.00 bits per heavy atom. The van der Waals surface area contributed by atoms with Crippen molar-refractivity contribution in [2.24, 2.45) is 5.73 Å². The molecule has 1 saturated heterocycles. The van der Waals surface area contributed by atoms with E-state index >= 15 is 0 Å². The first-order valence-corrected chi connectivity index (χ1v) is 5.80. The molecule has 0 unspecified atom stereocenters. The van der Waals surface area contributed by atoms with Crippen LogP contribution in [0.4, 0.5) is 0 Å². The predicted molar refractivity (Wildman–Crippen MR) is 61.7 cm³/mol. The molecule has 1 fully saturated rings.